The third kappa shape index (κ3) is 8.99. The average molecular weight is 540 g/mol. The zero-order valence-corrected chi connectivity index (χ0v) is 23.1. The first-order valence-corrected chi connectivity index (χ1v) is 13.6. The number of nitrogens with zero attached hydrogens (tertiary/aromatic N) is 1. The number of phenolic OH excluding ortho intramolecular Hbond substituents is 1. The van der Waals surface area contributed by atoms with E-state index in [4.69, 9.17) is 4.74 Å². The fraction of sp³-hybridized carbons (Fsp3) is 0.500. The van der Waals surface area contributed by atoms with Gasteiger partial charge >= 0.3 is 6.09 Å². The lowest BCUT2D eigenvalue weighted by Gasteiger charge is -2.35. The van der Waals surface area contributed by atoms with E-state index in [1.165, 1.54) is 11.0 Å². The lowest BCUT2D eigenvalue weighted by atomic mass is 9.94. The summed E-state index contributed by atoms with van der Waals surface area (Å²) in [6, 6.07) is 13.2. The molecule has 4 N–H and O–H groups in total. The lowest BCUT2D eigenvalue weighted by molar-refractivity contribution is -0.143. The molecule has 2 atom stereocenters. The molecule has 0 radical (unpaired) electrons. The van der Waals surface area contributed by atoms with E-state index in [2.05, 4.69) is 10.6 Å². The number of hydrogen-bond donors (Lipinski definition) is 4. The van der Waals surface area contributed by atoms with Gasteiger partial charge in [0.05, 0.1) is 6.61 Å². The smallest absolute Gasteiger partial charge is 0.408 e. The summed E-state index contributed by atoms with van der Waals surface area (Å²) < 4.78 is 5.42. The quantitative estimate of drug-likeness (QED) is 0.363. The number of phenols is 1. The molecule has 0 spiro atoms. The van der Waals surface area contributed by atoms with Crippen molar-refractivity contribution in [3.05, 3.63) is 65.7 Å². The van der Waals surface area contributed by atoms with Crippen LogP contribution < -0.4 is 10.6 Å². The highest BCUT2D eigenvalue weighted by atomic mass is 16.6. The molecule has 2 aromatic carbocycles. The minimum Gasteiger partial charge on any atom is -0.508 e. The second-order valence-corrected chi connectivity index (χ2v) is 10.9. The van der Waals surface area contributed by atoms with Crippen molar-refractivity contribution in [3.8, 4) is 5.75 Å². The second kappa shape index (κ2) is 14.0. The number of benzene rings is 2. The van der Waals surface area contributed by atoms with Gasteiger partial charge in [0.2, 0.25) is 11.8 Å². The maximum atomic E-state index is 14.1. The van der Waals surface area contributed by atoms with Crippen molar-refractivity contribution in [1.29, 1.82) is 0 Å². The number of nitrogens with one attached hydrogen (secondary N) is 2. The molecule has 1 aliphatic rings. The summed E-state index contributed by atoms with van der Waals surface area (Å²) in [5, 5.41) is 26.4. The third-order valence-electron chi connectivity index (χ3n) is 6.64. The maximum absolute atomic E-state index is 14.1. The van der Waals surface area contributed by atoms with Gasteiger partial charge in [-0.15, -0.1) is 0 Å². The number of aromatic hydroxyl groups is 1. The minimum atomic E-state index is -1.22. The van der Waals surface area contributed by atoms with Crippen molar-refractivity contribution in [1.82, 2.24) is 15.5 Å². The third-order valence-corrected chi connectivity index (χ3v) is 6.64. The van der Waals surface area contributed by atoms with E-state index in [0.717, 1.165) is 37.7 Å². The van der Waals surface area contributed by atoms with Gasteiger partial charge in [-0.3, -0.25) is 9.59 Å². The summed E-state index contributed by atoms with van der Waals surface area (Å²) in [5.41, 5.74) is 0.248. The largest absolute Gasteiger partial charge is 0.508 e. The molecule has 39 heavy (non-hydrogen) atoms. The number of amides is 3. The maximum Gasteiger partial charge on any atom is 0.408 e. The van der Waals surface area contributed by atoms with Gasteiger partial charge in [0.1, 0.15) is 23.4 Å². The Morgan fingerprint density at radius 2 is 1.64 bits per heavy atom. The van der Waals surface area contributed by atoms with E-state index < -0.39 is 42.2 Å². The Bertz CT molecular complexity index is 1100. The Balaban J connectivity index is 1.98. The number of aliphatic hydroxyl groups is 1. The lowest BCUT2D eigenvalue weighted by Crippen LogP contribution is -2.55. The van der Waals surface area contributed by atoms with Crippen molar-refractivity contribution in [3.63, 3.8) is 0 Å². The first-order chi connectivity index (χ1) is 18.6. The van der Waals surface area contributed by atoms with Crippen LogP contribution in [0.2, 0.25) is 0 Å². The Morgan fingerprint density at radius 1 is 1.00 bits per heavy atom. The fourth-order valence-corrected chi connectivity index (χ4v) is 4.87. The Labute approximate surface area is 230 Å². The van der Waals surface area contributed by atoms with Crippen LogP contribution in [0, 0.1) is 0 Å². The summed E-state index contributed by atoms with van der Waals surface area (Å²) in [5.74, 6) is -1.16. The highest BCUT2D eigenvalue weighted by Gasteiger charge is 2.38. The Hall–Kier alpha value is -3.59. The van der Waals surface area contributed by atoms with E-state index in [1.807, 2.05) is 30.3 Å². The van der Waals surface area contributed by atoms with Gasteiger partial charge in [0.25, 0.3) is 0 Å². The van der Waals surface area contributed by atoms with E-state index in [0.29, 0.717) is 0 Å². The average Bonchev–Trinajstić information content (AvgIpc) is 2.89. The zero-order valence-electron chi connectivity index (χ0n) is 23.1. The van der Waals surface area contributed by atoms with E-state index in [-0.39, 0.29) is 30.3 Å². The monoisotopic (exact) mass is 539 g/mol. The number of ether oxygens (including phenoxy) is 1. The van der Waals surface area contributed by atoms with Gasteiger partial charge in [0, 0.05) is 24.6 Å². The van der Waals surface area contributed by atoms with Crippen LogP contribution in [0.4, 0.5) is 4.79 Å². The van der Waals surface area contributed by atoms with Crippen LogP contribution in [-0.4, -0.2) is 63.9 Å². The molecular weight excluding hydrogens is 498 g/mol. The summed E-state index contributed by atoms with van der Waals surface area (Å²) >= 11 is 0. The van der Waals surface area contributed by atoms with Crippen LogP contribution in [0.1, 0.15) is 70.0 Å². The first kappa shape index (κ1) is 30.0. The highest BCUT2D eigenvalue weighted by Crippen LogP contribution is 2.30. The molecule has 1 fully saturated rings. The van der Waals surface area contributed by atoms with Gasteiger partial charge in [-0.2, -0.15) is 0 Å². The van der Waals surface area contributed by atoms with Gasteiger partial charge in [-0.1, -0.05) is 67.8 Å². The number of para-hydroxylation sites is 1. The minimum absolute atomic E-state index is 0.0364. The second-order valence-electron chi connectivity index (χ2n) is 10.9. The van der Waals surface area contributed by atoms with Crippen LogP contribution >= 0.6 is 0 Å². The Morgan fingerprint density at radius 3 is 2.26 bits per heavy atom. The van der Waals surface area contributed by atoms with Gasteiger partial charge in [-0.25, -0.2) is 4.79 Å². The molecule has 0 bridgehead atoms. The molecule has 1 saturated carbocycles. The molecular formula is C30H41N3O6. The van der Waals surface area contributed by atoms with Crippen LogP contribution in [0.3, 0.4) is 0 Å². The molecule has 2 aromatic rings. The molecule has 9 nitrogen and oxygen atoms in total. The number of carbonyl (C=O) groups is 3. The number of aliphatic hydroxyl groups excluding tert-OH is 1. The van der Waals surface area contributed by atoms with Crippen molar-refractivity contribution in [2.24, 2.45) is 0 Å². The van der Waals surface area contributed by atoms with Crippen LogP contribution in [-0.2, 0) is 20.7 Å². The summed E-state index contributed by atoms with van der Waals surface area (Å²) in [6.07, 6.45) is 4.16. The van der Waals surface area contributed by atoms with Crippen molar-refractivity contribution < 1.29 is 29.3 Å². The predicted octanol–water partition coefficient (Wildman–Crippen LogP) is 3.84. The number of rotatable bonds is 10. The van der Waals surface area contributed by atoms with Crippen LogP contribution in [0.5, 0.6) is 5.75 Å². The Kier molecular flexibility index (Phi) is 10.7. The summed E-state index contributed by atoms with van der Waals surface area (Å²) in [4.78, 5) is 41.9. The number of alkyl carbamates (subject to hydrolysis) is 1. The van der Waals surface area contributed by atoms with Crippen molar-refractivity contribution in [2.45, 2.75) is 83.0 Å². The van der Waals surface area contributed by atoms with Gasteiger partial charge in [-0.05, 0) is 45.2 Å². The summed E-state index contributed by atoms with van der Waals surface area (Å²) in [6.45, 7) is 4.57. The predicted molar refractivity (Wildman–Crippen MR) is 148 cm³/mol. The molecule has 0 heterocycles. The van der Waals surface area contributed by atoms with E-state index in [9.17, 15) is 24.6 Å². The molecule has 212 valence electrons. The van der Waals surface area contributed by atoms with Crippen LogP contribution in [0.25, 0.3) is 0 Å². The first-order valence-electron chi connectivity index (χ1n) is 13.6. The highest BCUT2D eigenvalue weighted by molar-refractivity contribution is 5.92. The molecule has 0 aliphatic heterocycles. The number of carbonyl (C=O) groups excluding carboxylic acids is 3. The van der Waals surface area contributed by atoms with Gasteiger partial charge < -0.3 is 30.5 Å². The molecule has 3 amide bonds. The van der Waals surface area contributed by atoms with Crippen molar-refractivity contribution in [2.75, 3.05) is 13.2 Å². The zero-order chi connectivity index (χ0) is 28.4. The van der Waals surface area contributed by atoms with E-state index in [1.54, 1.807) is 39.0 Å². The number of hydrogen-bond acceptors (Lipinski definition) is 6. The fourth-order valence-electron chi connectivity index (χ4n) is 4.87. The van der Waals surface area contributed by atoms with E-state index >= 15 is 0 Å². The molecule has 0 saturated heterocycles. The molecule has 0 aromatic heterocycles. The van der Waals surface area contributed by atoms with Gasteiger partial charge in [0.15, 0.2) is 0 Å². The standard InChI is InChI=1S/C30H41N3O6/c1-30(2,3)39-29(38)32-24(20-21-12-6-4-7-13-21)28(37)33(18-19-34)26(23-16-10-11-17-25(23)35)27(36)31-22-14-8-5-9-15-22/h4,6-7,10-13,16-17,22,24,26,34-35H,5,8-9,14-15,18-20H2,1-3H3,(H,31,36)(H,32,38). The normalized spacial score (nSPS) is 15.6. The summed E-state index contributed by atoms with van der Waals surface area (Å²) in [7, 11) is 0. The van der Waals surface area contributed by atoms with Crippen LogP contribution in [0.15, 0.2) is 54.6 Å². The topological polar surface area (TPSA) is 128 Å². The SMILES string of the molecule is CC(C)(C)OC(=O)NC(Cc1ccccc1)C(=O)N(CCO)C(C(=O)NC1CCCCC1)c1ccccc1O. The molecule has 9 heteroatoms. The van der Waals surface area contributed by atoms with Crippen molar-refractivity contribution >= 4 is 17.9 Å². The molecule has 1 aliphatic carbocycles. The molecule has 2 unspecified atom stereocenters. The molecule has 3 rings (SSSR count).